The molecule has 86 valence electrons. The molecule has 0 unspecified atom stereocenters. The zero-order valence-corrected chi connectivity index (χ0v) is 11.4. The number of aromatic nitrogens is 3. The van der Waals surface area contributed by atoms with E-state index in [1.165, 1.54) is 24.2 Å². The zero-order chi connectivity index (χ0) is 11.1. The molecule has 1 fully saturated rings. The second-order valence-electron chi connectivity index (χ2n) is 4.16. The molecule has 0 amide bonds. The van der Waals surface area contributed by atoms with Gasteiger partial charge in [0.1, 0.15) is 0 Å². The highest BCUT2D eigenvalue weighted by atomic mass is 79.9. The molecule has 0 saturated carbocycles. The number of piperidine rings is 1. The third kappa shape index (κ3) is 1.69. The van der Waals surface area contributed by atoms with Crippen LogP contribution in [0.3, 0.4) is 0 Å². The molecular formula is C10H13BrN4S. The Morgan fingerprint density at radius 2 is 2.19 bits per heavy atom. The molecule has 0 spiro atoms. The average molecular weight is 301 g/mol. The summed E-state index contributed by atoms with van der Waals surface area (Å²) in [6, 6.07) is 0. The molecule has 1 aliphatic rings. The number of hydrogen-bond donors (Lipinski definition) is 1. The molecule has 1 aliphatic heterocycles. The number of hydrogen-bond acceptors (Lipinski definition) is 4. The van der Waals surface area contributed by atoms with Crippen LogP contribution in [-0.2, 0) is 0 Å². The van der Waals surface area contributed by atoms with Gasteiger partial charge in [0.05, 0.1) is 11.4 Å². The quantitative estimate of drug-likeness (QED) is 0.879. The van der Waals surface area contributed by atoms with Crippen LogP contribution in [0.5, 0.6) is 0 Å². The van der Waals surface area contributed by atoms with Gasteiger partial charge < -0.3 is 5.32 Å². The summed E-state index contributed by atoms with van der Waals surface area (Å²) in [5.41, 5.74) is 2.44. The molecule has 1 N–H and O–H groups in total. The highest BCUT2D eigenvalue weighted by Crippen LogP contribution is 2.30. The third-order valence-corrected chi connectivity index (χ3v) is 4.51. The Balaban J connectivity index is 2.02. The van der Waals surface area contributed by atoms with E-state index in [0.717, 1.165) is 22.0 Å². The van der Waals surface area contributed by atoms with Crippen LogP contribution in [0.25, 0.3) is 4.96 Å². The Bertz CT molecular complexity index is 512. The molecule has 0 aliphatic carbocycles. The van der Waals surface area contributed by atoms with E-state index in [2.05, 4.69) is 33.3 Å². The third-order valence-electron chi connectivity index (χ3n) is 3.17. The van der Waals surface area contributed by atoms with E-state index >= 15 is 0 Å². The minimum absolute atomic E-state index is 0.605. The monoisotopic (exact) mass is 300 g/mol. The largest absolute Gasteiger partial charge is 0.317 e. The molecule has 0 aromatic carbocycles. The summed E-state index contributed by atoms with van der Waals surface area (Å²) in [6.45, 7) is 4.32. The van der Waals surface area contributed by atoms with Gasteiger partial charge in [-0.15, -0.1) is 5.10 Å². The number of nitrogens with zero attached hydrogens (tertiary/aromatic N) is 3. The zero-order valence-electron chi connectivity index (χ0n) is 9.03. The molecule has 3 heterocycles. The maximum atomic E-state index is 4.72. The van der Waals surface area contributed by atoms with Crippen LogP contribution in [0, 0.1) is 6.92 Å². The van der Waals surface area contributed by atoms with Crippen molar-refractivity contribution in [3.05, 3.63) is 15.3 Å². The van der Waals surface area contributed by atoms with Crippen molar-refractivity contribution in [2.45, 2.75) is 25.7 Å². The molecule has 1 saturated heterocycles. The van der Waals surface area contributed by atoms with E-state index in [-0.39, 0.29) is 0 Å². The van der Waals surface area contributed by atoms with Crippen LogP contribution in [0.15, 0.2) is 3.92 Å². The number of halogens is 1. The first kappa shape index (κ1) is 10.7. The minimum Gasteiger partial charge on any atom is -0.317 e. The summed E-state index contributed by atoms with van der Waals surface area (Å²) in [7, 11) is 0. The van der Waals surface area contributed by atoms with Gasteiger partial charge in [0.2, 0.25) is 4.96 Å². The molecule has 0 radical (unpaired) electrons. The van der Waals surface area contributed by atoms with E-state index in [4.69, 9.17) is 4.98 Å². The van der Waals surface area contributed by atoms with Crippen molar-refractivity contribution in [1.29, 1.82) is 0 Å². The lowest BCUT2D eigenvalue weighted by molar-refractivity contribution is 0.453. The summed E-state index contributed by atoms with van der Waals surface area (Å²) in [5, 5.41) is 7.79. The average Bonchev–Trinajstić information content (AvgIpc) is 2.79. The van der Waals surface area contributed by atoms with Gasteiger partial charge in [-0.3, -0.25) is 0 Å². The van der Waals surface area contributed by atoms with Gasteiger partial charge in [-0.25, -0.2) is 9.50 Å². The van der Waals surface area contributed by atoms with Crippen LogP contribution in [0.4, 0.5) is 0 Å². The number of fused-ring (bicyclic) bond motifs is 1. The van der Waals surface area contributed by atoms with E-state index in [9.17, 15) is 0 Å². The second-order valence-corrected chi connectivity index (χ2v) is 6.39. The van der Waals surface area contributed by atoms with Gasteiger partial charge in [0.15, 0.2) is 3.92 Å². The first-order valence-corrected chi connectivity index (χ1v) is 7.09. The number of aryl methyl sites for hydroxylation is 1. The molecular weight excluding hydrogens is 288 g/mol. The highest BCUT2D eigenvalue weighted by Gasteiger charge is 2.22. The maximum absolute atomic E-state index is 4.72. The van der Waals surface area contributed by atoms with Crippen LogP contribution in [0.2, 0.25) is 0 Å². The molecule has 16 heavy (non-hydrogen) atoms. The molecule has 0 atom stereocenters. The molecule has 0 bridgehead atoms. The summed E-state index contributed by atoms with van der Waals surface area (Å²) in [4.78, 5) is 5.72. The van der Waals surface area contributed by atoms with E-state index in [1.54, 1.807) is 11.3 Å². The fraction of sp³-hybridized carbons (Fsp3) is 0.600. The van der Waals surface area contributed by atoms with Crippen molar-refractivity contribution in [2.75, 3.05) is 13.1 Å². The van der Waals surface area contributed by atoms with E-state index < -0.39 is 0 Å². The van der Waals surface area contributed by atoms with Gasteiger partial charge in [0.25, 0.3) is 0 Å². The molecule has 2 aromatic rings. The number of rotatable bonds is 1. The fourth-order valence-electron chi connectivity index (χ4n) is 2.32. The normalized spacial score (nSPS) is 18.4. The summed E-state index contributed by atoms with van der Waals surface area (Å²) in [6.07, 6.45) is 2.37. The summed E-state index contributed by atoms with van der Waals surface area (Å²) >= 11 is 4.99. The summed E-state index contributed by atoms with van der Waals surface area (Å²) < 4.78 is 2.85. The van der Waals surface area contributed by atoms with Crippen LogP contribution in [-0.4, -0.2) is 27.7 Å². The Labute approximate surface area is 106 Å². The van der Waals surface area contributed by atoms with Crippen molar-refractivity contribution >= 4 is 32.2 Å². The number of imidazole rings is 1. The maximum Gasteiger partial charge on any atom is 0.213 e. The van der Waals surface area contributed by atoms with E-state index in [0.29, 0.717) is 5.92 Å². The predicted octanol–water partition coefficient (Wildman–Crippen LogP) is 2.33. The molecule has 6 heteroatoms. The van der Waals surface area contributed by atoms with E-state index in [1.807, 2.05) is 4.52 Å². The first-order valence-electron chi connectivity index (χ1n) is 5.48. The van der Waals surface area contributed by atoms with Gasteiger partial charge in [-0.05, 0) is 48.8 Å². The standard InChI is InChI=1S/C10H13BrN4S/c1-6-8(7-2-4-12-5-3-7)13-10-15(6)14-9(11)16-10/h7,12H,2-5H2,1H3. The van der Waals surface area contributed by atoms with Crippen LogP contribution >= 0.6 is 27.3 Å². The molecule has 4 nitrogen and oxygen atoms in total. The fourth-order valence-corrected chi connectivity index (χ4v) is 3.60. The lowest BCUT2D eigenvalue weighted by atomic mass is 9.94. The highest BCUT2D eigenvalue weighted by molar-refractivity contribution is 9.11. The van der Waals surface area contributed by atoms with Crippen molar-refractivity contribution in [1.82, 2.24) is 19.9 Å². The summed E-state index contributed by atoms with van der Waals surface area (Å²) in [5.74, 6) is 0.605. The van der Waals surface area contributed by atoms with Crippen molar-refractivity contribution < 1.29 is 0 Å². The van der Waals surface area contributed by atoms with Crippen molar-refractivity contribution in [3.63, 3.8) is 0 Å². The Morgan fingerprint density at radius 1 is 1.44 bits per heavy atom. The molecule has 3 rings (SSSR count). The Morgan fingerprint density at radius 3 is 2.88 bits per heavy atom. The lowest BCUT2D eigenvalue weighted by Gasteiger charge is -2.21. The van der Waals surface area contributed by atoms with Crippen LogP contribution < -0.4 is 5.32 Å². The topological polar surface area (TPSA) is 42.2 Å². The lowest BCUT2D eigenvalue weighted by Crippen LogP contribution is -2.27. The first-order chi connectivity index (χ1) is 7.75. The Hall–Kier alpha value is -0.460. The van der Waals surface area contributed by atoms with Gasteiger partial charge in [0, 0.05) is 5.92 Å². The smallest absolute Gasteiger partial charge is 0.213 e. The van der Waals surface area contributed by atoms with Crippen LogP contribution in [0.1, 0.15) is 30.1 Å². The van der Waals surface area contributed by atoms with Gasteiger partial charge in [-0.2, -0.15) is 0 Å². The Kier molecular flexibility index (Phi) is 2.73. The van der Waals surface area contributed by atoms with Gasteiger partial charge in [-0.1, -0.05) is 11.3 Å². The minimum atomic E-state index is 0.605. The number of nitrogens with one attached hydrogen (secondary N) is 1. The van der Waals surface area contributed by atoms with Crippen molar-refractivity contribution in [3.8, 4) is 0 Å². The van der Waals surface area contributed by atoms with Gasteiger partial charge >= 0.3 is 0 Å². The van der Waals surface area contributed by atoms with Crippen molar-refractivity contribution in [2.24, 2.45) is 0 Å². The SMILES string of the molecule is Cc1c(C2CCNCC2)nc2sc(Br)nn12. The predicted molar refractivity (Wildman–Crippen MR) is 68.1 cm³/mol. The second kappa shape index (κ2) is 4.09. The molecule has 2 aromatic heterocycles.